The minimum Gasteiger partial charge on any atom is -0.368 e. The molecule has 0 aromatic heterocycles. The van der Waals surface area contributed by atoms with Gasteiger partial charge in [-0.05, 0) is 61.2 Å². The van der Waals surface area contributed by atoms with Crippen LogP contribution in [0.5, 0.6) is 0 Å². The largest absolute Gasteiger partial charge is 0.368 e. The Bertz CT molecular complexity index is 915. The van der Waals surface area contributed by atoms with Crippen molar-refractivity contribution in [1.82, 2.24) is 4.90 Å². The van der Waals surface area contributed by atoms with Crippen molar-refractivity contribution in [3.63, 3.8) is 0 Å². The van der Waals surface area contributed by atoms with E-state index in [0.717, 1.165) is 50.4 Å². The van der Waals surface area contributed by atoms with Crippen molar-refractivity contribution in [3.05, 3.63) is 54.1 Å². The molecule has 1 fully saturated rings. The molecule has 0 spiro atoms. The van der Waals surface area contributed by atoms with E-state index < -0.39 is 0 Å². The Labute approximate surface area is 225 Å². The van der Waals surface area contributed by atoms with Gasteiger partial charge in [0.2, 0.25) is 5.91 Å². The van der Waals surface area contributed by atoms with Crippen LogP contribution in [0, 0.1) is 0 Å². The van der Waals surface area contributed by atoms with Gasteiger partial charge in [0, 0.05) is 38.3 Å². The molecule has 5 heteroatoms. The van der Waals surface area contributed by atoms with Crippen molar-refractivity contribution in [2.45, 2.75) is 97.3 Å². The Morgan fingerprint density at radius 3 is 1.76 bits per heavy atom. The number of piperazine rings is 1. The van der Waals surface area contributed by atoms with Crippen molar-refractivity contribution < 1.29 is 4.79 Å². The van der Waals surface area contributed by atoms with Gasteiger partial charge >= 0.3 is 0 Å². The molecule has 202 valence electrons. The highest BCUT2D eigenvalue weighted by Crippen LogP contribution is 2.24. The lowest BCUT2D eigenvalue weighted by Gasteiger charge is -2.36. The van der Waals surface area contributed by atoms with Crippen LogP contribution in [0.2, 0.25) is 0 Å². The summed E-state index contributed by atoms with van der Waals surface area (Å²) in [4.78, 5) is 17.0. The molecule has 0 radical (unpaired) electrons. The topological polar surface area (TPSA) is 48.3 Å². The fourth-order valence-corrected chi connectivity index (χ4v) is 4.94. The summed E-state index contributed by atoms with van der Waals surface area (Å²) in [5.41, 5.74) is 4.30. The van der Waals surface area contributed by atoms with E-state index in [4.69, 9.17) is 0 Å². The zero-order valence-corrected chi connectivity index (χ0v) is 23.3. The summed E-state index contributed by atoms with van der Waals surface area (Å²) in [5, 5.41) is 8.84. The summed E-state index contributed by atoms with van der Waals surface area (Å²) in [6.45, 7) is 7.88. The molecule has 0 atom stereocenters. The van der Waals surface area contributed by atoms with Crippen LogP contribution >= 0.6 is 0 Å². The van der Waals surface area contributed by atoms with Crippen LogP contribution in [-0.4, -0.2) is 37.0 Å². The van der Waals surface area contributed by atoms with Gasteiger partial charge in [0.25, 0.3) is 0 Å². The minimum absolute atomic E-state index is 0.327. The first kappa shape index (κ1) is 28.9. The molecule has 1 aliphatic rings. The van der Waals surface area contributed by atoms with Gasteiger partial charge in [-0.2, -0.15) is 10.2 Å². The molecule has 0 unspecified atom stereocenters. The second kappa shape index (κ2) is 16.9. The third-order valence-electron chi connectivity index (χ3n) is 7.38. The molecule has 0 saturated carbocycles. The van der Waals surface area contributed by atoms with Crippen molar-refractivity contribution in [2.75, 3.05) is 31.1 Å². The van der Waals surface area contributed by atoms with Crippen LogP contribution < -0.4 is 4.90 Å². The maximum Gasteiger partial charge on any atom is 0.222 e. The lowest BCUT2D eigenvalue weighted by molar-refractivity contribution is -0.131. The van der Waals surface area contributed by atoms with Crippen LogP contribution in [0.15, 0.2) is 58.8 Å². The van der Waals surface area contributed by atoms with Crippen molar-refractivity contribution in [1.29, 1.82) is 0 Å². The Kier molecular flexibility index (Phi) is 13.2. The molecule has 3 rings (SSSR count). The van der Waals surface area contributed by atoms with E-state index in [1.807, 2.05) is 17.0 Å². The van der Waals surface area contributed by atoms with Crippen LogP contribution in [0.4, 0.5) is 17.1 Å². The van der Waals surface area contributed by atoms with E-state index in [1.165, 1.54) is 75.5 Å². The average Bonchev–Trinajstić information content (AvgIpc) is 2.94. The van der Waals surface area contributed by atoms with Crippen molar-refractivity contribution in [2.24, 2.45) is 10.2 Å². The average molecular weight is 505 g/mol. The maximum atomic E-state index is 12.6. The van der Waals surface area contributed by atoms with E-state index in [1.54, 1.807) is 0 Å². The Balaban J connectivity index is 1.36. The SMILES string of the molecule is CCCCCCCCCC(=O)N1CCN(c2ccc(N=Nc3ccc(CCCCCC)cc3)cc2)CC1. The van der Waals surface area contributed by atoms with Gasteiger partial charge in [-0.15, -0.1) is 0 Å². The van der Waals surface area contributed by atoms with E-state index in [9.17, 15) is 4.79 Å². The molecule has 1 heterocycles. The molecule has 1 aliphatic heterocycles. The summed E-state index contributed by atoms with van der Waals surface area (Å²) >= 11 is 0. The summed E-state index contributed by atoms with van der Waals surface area (Å²) in [6.07, 6.45) is 15.8. The van der Waals surface area contributed by atoms with Gasteiger partial charge in [0.1, 0.15) is 0 Å². The zero-order valence-electron chi connectivity index (χ0n) is 23.3. The molecule has 37 heavy (non-hydrogen) atoms. The van der Waals surface area contributed by atoms with Gasteiger partial charge in [0.05, 0.1) is 11.4 Å². The first-order valence-electron chi connectivity index (χ1n) is 14.8. The monoisotopic (exact) mass is 504 g/mol. The molecule has 2 aromatic rings. The number of unbranched alkanes of at least 4 members (excludes halogenated alkanes) is 9. The predicted molar refractivity (Wildman–Crippen MR) is 156 cm³/mol. The smallest absolute Gasteiger partial charge is 0.222 e. The van der Waals surface area contributed by atoms with Crippen LogP contribution in [-0.2, 0) is 11.2 Å². The number of hydrogen-bond acceptors (Lipinski definition) is 4. The first-order valence-corrected chi connectivity index (χ1v) is 14.8. The molecule has 1 saturated heterocycles. The summed E-state index contributed by atoms with van der Waals surface area (Å²) in [7, 11) is 0. The highest BCUT2D eigenvalue weighted by molar-refractivity contribution is 5.76. The molecule has 0 N–H and O–H groups in total. The number of carbonyl (C=O) groups excluding carboxylic acids is 1. The molecule has 5 nitrogen and oxygen atoms in total. The zero-order chi connectivity index (χ0) is 26.1. The third-order valence-corrected chi connectivity index (χ3v) is 7.38. The van der Waals surface area contributed by atoms with Crippen LogP contribution in [0.1, 0.15) is 96.5 Å². The van der Waals surface area contributed by atoms with E-state index in [-0.39, 0.29) is 0 Å². The fraction of sp³-hybridized carbons (Fsp3) is 0.594. The Morgan fingerprint density at radius 1 is 0.649 bits per heavy atom. The van der Waals surface area contributed by atoms with Gasteiger partial charge in [-0.1, -0.05) is 83.8 Å². The molecular formula is C32H48N4O. The quantitative estimate of drug-likeness (QED) is 0.169. The Hall–Kier alpha value is -2.69. The normalized spacial score (nSPS) is 14.0. The number of amides is 1. The summed E-state index contributed by atoms with van der Waals surface area (Å²) < 4.78 is 0. The number of rotatable bonds is 16. The lowest BCUT2D eigenvalue weighted by atomic mass is 10.1. The van der Waals surface area contributed by atoms with Gasteiger partial charge in [-0.25, -0.2) is 0 Å². The third kappa shape index (κ3) is 10.7. The number of carbonyl (C=O) groups is 1. The number of nitrogens with zero attached hydrogens (tertiary/aromatic N) is 4. The minimum atomic E-state index is 0.327. The van der Waals surface area contributed by atoms with E-state index in [0.29, 0.717) is 12.3 Å². The molecule has 2 aromatic carbocycles. The fourth-order valence-electron chi connectivity index (χ4n) is 4.94. The van der Waals surface area contributed by atoms with Crippen molar-refractivity contribution >= 4 is 23.0 Å². The molecular weight excluding hydrogens is 456 g/mol. The Morgan fingerprint density at radius 2 is 1.16 bits per heavy atom. The van der Waals surface area contributed by atoms with E-state index >= 15 is 0 Å². The van der Waals surface area contributed by atoms with Gasteiger partial charge in [0.15, 0.2) is 0 Å². The van der Waals surface area contributed by atoms with Gasteiger partial charge < -0.3 is 9.80 Å². The second-order valence-corrected chi connectivity index (χ2v) is 10.4. The first-order chi connectivity index (χ1) is 18.2. The highest BCUT2D eigenvalue weighted by Gasteiger charge is 2.20. The standard InChI is InChI=1S/C32H48N4O/c1-3-5-7-9-10-11-13-15-32(37)36-26-24-35(25-27-36)31-22-20-30(21-23-31)34-33-29-18-16-28(17-19-29)14-12-8-6-4-2/h16-23H,3-15,24-27H2,1-2H3. The van der Waals surface area contributed by atoms with Crippen LogP contribution in [0.3, 0.4) is 0 Å². The highest BCUT2D eigenvalue weighted by atomic mass is 16.2. The summed E-state index contributed by atoms with van der Waals surface area (Å²) in [6, 6.07) is 16.7. The van der Waals surface area contributed by atoms with Gasteiger partial charge in [-0.3, -0.25) is 4.79 Å². The van der Waals surface area contributed by atoms with Crippen molar-refractivity contribution in [3.8, 4) is 0 Å². The predicted octanol–water partition coefficient (Wildman–Crippen LogP) is 9.01. The molecule has 1 amide bonds. The number of benzene rings is 2. The maximum absolute atomic E-state index is 12.6. The summed E-state index contributed by atoms with van der Waals surface area (Å²) in [5.74, 6) is 0.327. The lowest BCUT2D eigenvalue weighted by Crippen LogP contribution is -2.48. The molecule has 0 aliphatic carbocycles. The number of azo groups is 1. The number of anilines is 1. The second-order valence-electron chi connectivity index (χ2n) is 10.4. The molecule has 0 bridgehead atoms. The van der Waals surface area contributed by atoms with E-state index in [2.05, 4.69) is 65.4 Å². The number of aryl methyl sites for hydroxylation is 1. The van der Waals surface area contributed by atoms with Crippen LogP contribution in [0.25, 0.3) is 0 Å². The number of hydrogen-bond donors (Lipinski definition) is 0.